The number of hydrogen-bond acceptors (Lipinski definition) is 4. The van der Waals surface area contributed by atoms with E-state index in [0.717, 1.165) is 0 Å². The third-order valence-corrected chi connectivity index (χ3v) is 1.09. The molecule has 0 radical (unpaired) electrons. The molecule has 0 spiro atoms. The Morgan fingerprint density at radius 1 is 1.73 bits per heavy atom. The van der Waals surface area contributed by atoms with E-state index in [1.165, 1.54) is 6.92 Å². The highest BCUT2D eigenvalue weighted by atomic mass is 31.1. The van der Waals surface area contributed by atoms with Crippen molar-refractivity contribution in [3.63, 3.8) is 0 Å². The molecule has 0 aromatic heterocycles. The van der Waals surface area contributed by atoms with Crippen LogP contribution in [0.25, 0.3) is 0 Å². The number of hydrogen-bond donors (Lipinski definition) is 1. The van der Waals surface area contributed by atoms with Gasteiger partial charge in [0, 0.05) is 5.57 Å². The summed E-state index contributed by atoms with van der Waals surface area (Å²) in [7, 11) is -3.01. The minimum atomic E-state index is -3.01. The highest BCUT2D eigenvalue weighted by Crippen LogP contribution is 2.13. The van der Waals surface area contributed by atoms with E-state index < -0.39 is 21.0 Å². The molecule has 0 aromatic rings. The molecule has 0 bridgehead atoms. The Hall–Kier alpha value is -0.640. The average Bonchev–Trinajstić information content (AvgIpc) is 1.86. The monoisotopic (exact) mass is 180 g/mol. The Kier molecular flexibility index (Phi) is 4.77. The zero-order valence-corrected chi connectivity index (χ0v) is 6.99. The SMILES string of the molecule is C=C(C)C(=O)OCO[PH](=O)O. The van der Waals surface area contributed by atoms with E-state index in [0.29, 0.717) is 0 Å². The summed E-state index contributed by atoms with van der Waals surface area (Å²) in [5.41, 5.74) is 0.214. The quantitative estimate of drug-likeness (QED) is 0.294. The predicted octanol–water partition coefficient (Wildman–Crippen LogP) is 0.462. The van der Waals surface area contributed by atoms with Crippen molar-refractivity contribution < 1.29 is 23.5 Å². The minimum Gasteiger partial charge on any atom is -0.435 e. The maximum Gasteiger partial charge on any atom is 0.335 e. The summed E-state index contributed by atoms with van der Waals surface area (Å²) in [6.45, 7) is 4.24. The standard InChI is InChI=1S/C5H9O5P/c1-4(2)5(6)9-3-10-11(7)8/h11H,1,3H2,2H3,(H,7,8). The van der Waals surface area contributed by atoms with E-state index in [9.17, 15) is 9.36 Å². The molecule has 0 aromatic carbocycles. The second-order valence-corrected chi connectivity index (χ2v) is 2.56. The Balaban J connectivity index is 3.47. The predicted molar refractivity (Wildman–Crippen MR) is 38.1 cm³/mol. The minimum absolute atomic E-state index is 0.214. The van der Waals surface area contributed by atoms with Crippen LogP contribution in [0.5, 0.6) is 0 Å². The number of rotatable bonds is 4. The molecular formula is C5H9O5P. The van der Waals surface area contributed by atoms with Crippen LogP contribution in [-0.4, -0.2) is 17.7 Å². The van der Waals surface area contributed by atoms with Crippen molar-refractivity contribution in [3.8, 4) is 0 Å². The molecule has 0 heterocycles. The molecule has 0 saturated carbocycles. The fraction of sp³-hybridized carbons (Fsp3) is 0.400. The van der Waals surface area contributed by atoms with Crippen LogP contribution >= 0.6 is 8.25 Å². The van der Waals surface area contributed by atoms with Gasteiger partial charge in [0.25, 0.3) is 0 Å². The third-order valence-electron chi connectivity index (χ3n) is 0.721. The number of ether oxygens (including phenoxy) is 1. The molecule has 0 fully saturated rings. The first-order valence-corrected chi connectivity index (χ1v) is 3.98. The van der Waals surface area contributed by atoms with Gasteiger partial charge in [0.2, 0.25) is 6.79 Å². The van der Waals surface area contributed by atoms with Crippen LogP contribution in [0.15, 0.2) is 12.2 Å². The molecule has 11 heavy (non-hydrogen) atoms. The van der Waals surface area contributed by atoms with Crippen LogP contribution in [0.2, 0.25) is 0 Å². The number of carbonyl (C=O) groups excluding carboxylic acids is 1. The molecule has 0 aliphatic heterocycles. The molecule has 0 amide bonds. The Labute approximate surface area is 64.6 Å². The first-order valence-electron chi connectivity index (χ1n) is 2.72. The molecule has 5 nitrogen and oxygen atoms in total. The van der Waals surface area contributed by atoms with Crippen LogP contribution in [0.4, 0.5) is 0 Å². The summed E-state index contributed by atoms with van der Waals surface area (Å²) >= 11 is 0. The van der Waals surface area contributed by atoms with Gasteiger partial charge in [0.05, 0.1) is 0 Å². The van der Waals surface area contributed by atoms with Gasteiger partial charge in [-0.3, -0.25) is 9.09 Å². The zero-order valence-electron chi connectivity index (χ0n) is 5.99. The Morgan fingerprint density at radius 2 is 2.27 bits per heavy atom. The third kappa shape index (κ3) is 5.79. The van der Waals surface area contributed by atoms with Crippen molar-refractivity contribution in [2.45, 2.75) is 6.92 Å². The van der Waals surface area contributed by atoms with Gasteiger partial charge in [0.1, 0.15) is 0 Å². The van der Waals surface area contributed by atoms with Crippen LogP contribution in [0.3, 0.4) is 0 Å². The van der Waals surface area contributed by atoms with Crippen molar-refractivity contribution in [1.29, 1.82) is 0 Å². The van der Waals surface area contributed by atoms with E-state index in [2.05, 4.69) is 15.8 Å². The second kappa shape index (κ2) is 5.07. The van der Waals surface area contributed by atoms with Gasteiger partial charge in [-0.2, -0.15) is 0 Å². The van der Waals surface area contributed by atoms with E-state index in [1.54, 1.807) is 0 Å². The molecular weight excluding hydrogens is 171 g/mol. The lowest BCUT2D eigenvalue weighted by molar-refractivity contribution is -0.145. The van der Waals surface area contributed by atoms with E-state index in [4.69, 9.17) is 4.89 Å². The van der Waals surface area contributed by atoms with Gasteiger partial charge in [-0.25, -0.2) is 4.79 Å². The summed E-state index contributed by atoms with van der Waals surface area (Å²) in [6, 6.07) is 0. The number of carbonyl (C=O) groups is 1. The lowest BCUT2D eigenvalue weighted by Gasteiger charge is -2.01. The lowest BCUT2D eigenvalue weighted by Crippen LogP contribution is -2.06. The van der Waals surface area contributed by atoms with Gasteiger partial charge in [-0.05, 0) is 6.92 Å². The first-order chi connectivity index (χ1) is 5.04. The maximum absolute atomic E-state index is 10.6. The summed E-state index contributed by atoms with van der Waals surface area (Å²) in [5.74, 6) is -0.645. The summed E-state index contributed by atoms with van der Waals surface area (Å²) in [6.07, 6.45) is 0. The molecule has 1 N–H and O–H groups in total. The zero-order chi connectivity index (χ0) is 8.85. The highest BCUT2D eigenvalue weighted by molar-refractivity contribution is 7.32. The normalized spacial score (nSPS) is 12.2. The second-order valence-electron chi connectivity index (χ2n) is 1.74. The molecule has 0 aliphatic rings. The Morgan fingerprint density at radius 3 is 2.64 bits per heavy atom. The molecule has 0 rings (SSSR count). The Bertz CT molecular complexity index is 187. The summed E-state index contributed by atoms with van der Waals surface area (Å²) in [5, 5.41) is 0. The first kappa shape index (κ1) is 10.4. The van der Waals surface area contributed by atoms with E-state index in [-0.39, 0.29) is 5.57 Å². The van der Waals surface area contributed by atoms with Crippen molar-refractivity contribution in [3.05, 3.63) is 12.2 Å². The van der Waals surface area contributed by atoms with E-state index >= 15 is 0 Å². The molecule has 0 aliphatic carbocycles. The molecule has 64 valence electrons. The fourth-order valence-corrected chi connectivity index (χ4v) is 0.416. The molecule has 1 atom stereocenters. The van der Waals surface area contributed by atoms with Gasteiger partial charge >= 0.3 is 14.2 Å². The number of esters is 1. The van der Waals surface area contributed by atoms with Gasteiger partial charge in [-0.15, -0.1) is 0 Å². The summed E-state index contributed by atoms with van der Waals surface area (Å²) in [4.78, 5) is 18.7. The average molecular weight is 180 g/mol. The fourth-order valence-electron chi connectivity index (χ4n) is 0.257. The van der Waals surface area contributed by atoms with Crippen molar-refractivity contribution in [2.24, 2.45) is 0 Å². The summed E-state index contributed by atoms with van der Waals surface area (Å²) < 4.78 is 18.3. The maximum atomic E-state index is 10.6. The van der Waals surface area contributed by atoms with Gasteiger partial charge in [0.15, 0.2) is 0 Å². The van der Waals surface area contributed by atoms with Crippen molar-refractivity contribution >= 4 is 14.2 Å². The molecule has 6 heteroatoms. The lowest BCUT2D eigenvalue weighted by atomic mass is 10.4. The van der Waals surface area contributed by atoms with Crippen LogP contribution in [0.1, 0.15) is 6.92 Å². The largest absolute Gasteiger partial charge is 0.435 e. The van der Waals surface area contributed by atoms with Crippen molar-refractivity contribution in [2.75, 3.05) is 6.79 Å². The molecule has 1 unspecified atom stereocenters. The van der Waals surface area contributed by atoms with Crippen LogP contribution in [-0.2, 0) is 18.6 Å². The topological polar surface area (TPSA) is 72.8 Å². The van der Waals surface area contributed by atoms with E-state index in [1.807, 2.05) is 0 Å². The van der Waals surface area contributed by atoms with Gasteiger partial charge < -0.3 is 9.63 Å². The van der Waals surface area contributed by atoms with Crippen LogP contribution < -0.4 is 0 Å². The van der Waals surface area contributed by atoms with Gasteiger partial charge in [-0.1, -0.05) is 6.58 Å². The molecule has 0 saturated heterocycles. The highest BCUT2D eigenvalue weighted by Gasteiger charge is 2.02. The van der Waals surface area contributed by atoms with Crippen molar-refractivity contribution in [1.82, 2.24) is 0 Å². The smallest absolute Gasteiger partial charge is 0.335 e. The van der Waals surface area contributed by atoms with Crippen LogP contribution in [0, 0.1) is 0 Å².